The van der Waals surface area contributed by atoms with Gasteiger partial charge in [0.25, 0.3) is 0 Å². The molecule has 1 heterocycles. The van der Waals surface area contributed by atoms with Gasteiger partial charge in [0.1, 0.15) is 5.60 Å². The van der Waals surface area contributed by atoms with Crippen molar-refractivity contribution in [2.24, 2.45) is 0 Å². The number of carbonyl (C=O) groups excluding carboxylic acids is 1. The van der Waals surface area contributed by atoms with Gasteiger partial charge < -0.3 is 26.0 Å². The molecular weight excluding hydrogens is 268 g/mol. The lowest BCUT2D eigenvalue weighted by Gasteiger charge is -2.20. The van der Waals surface area contributed by atoms with Gasteiger partial charge in [0.2, 0.25) is 0 Å². The van der Waals surface area contributed by atoms with Crippen LogP contribution in [0.3, 0.4) is 0 Å². The average Bonchev–Trinajstić information content (AvgIpc) is 2.50. The second kappa shape index (κ2) is 9.97. The van der Waals surface area contributed by atoms with Crippen LogP contribution < -0.4 is 21.3 Å². The molecule has 124 valence electrons. The Labute approximate surface area is 128 Å². The highest BCUT2D eigenvalue weighted by Crippen LogP contribution is 2.06. The molecule has 0 aromatic carbocycles. The number of ether oxygens (including phenoxy) is 1. The van der Waals surface area contributed by atoms with E-state index in [1.54, 1.807) is 0 Å². The van der Waals surface area contributed by atoms with Crippen molar-refractivity contribution in [2.45, 2.75) is 51.7 Å². The fourth-order valence-electron chi connectivity index (χ4n) is 2.24. The quantitative estimate of drug-likeness (QED) is 0.566. The van der Waals surface area contributed by atoms with Gasteiger partial charge in [-0.15, -0.1) is 0 Å². The summed E-state index contributed by atoms with van der Waals surface area (Å²) >= 11 is 0. The molecule has 0 spiro atoms. The van der Waals surface area contributed by atoms with Gasteiger partial charge in [-0.05, 0) is 33.6 Å². The standard InChI is InChI=1S/C15H32N4O2/c1-15(2,3)21-14(20)19-7-5-4-6-13-12-17-9-8-16-10-11-18-13/h13,16-18H,4-12H2,1-3H3,(H,19,20). The summed E-state index contributed by atoms with van der Waals surface area (Å²) in [6.07, 6.45) is 2.89. The second-order valence-electron chi connectivity index (χ2n) is 6.53. The fourth-order valence-corrected chi connectivity index (χ4v) is 2.24. The SMILES string of the molecule is CC(C)(C)OC(=O)NCCCCC1CNCCNCCN1. The van der Waals surface area contributed by atoms with Crippen molar-refractivity contribution >= 4 is 6.09 Å². The first-order chi connectivity index (χ1) is 9.97. The summed E-state index contributed by atoms with van der Waals surface area (Å²) in [6, 6.07) is 0.520. The third kappa shape index (κ3) is 10.5. The van der Waals surface area contributed by atoms with Crippen molar-refractivity contribution in [2.75, 3.05) is 39.3 Å². The molecule has 0 saturated carbocycles. The average molecular weight is 300 g/mol. The number of carbonyl (C=O) groups is 1. The number of alkyl carbamates (subject to hydrolysis) is 1. The maximum absolute atomic E-state index is 11.5. The smallest absolute Gasteiger partial charge is 0.407 e. The van der Waals surface area contributed by atoms with E-state index in [0.29, 0.717) is 12.6 Å². The molecule has 1 aliphatic rings. The van der Waals surface area contributed by atoms with Gasteiger partial charge in [-0.1, -0.05) is 6.42 Å². The first-order valence-electron chi connectivity index (χ1n) is 8.09. The van der Waals surface area contributed by atoms with E-state index in [9.17, 15) is 4.79 Å². The molecule has 4 N–H and O–H groups in total. The van der Waals surface area contributed by atoms with Crippen LogP contribution in [0.15, 0.2) is 0 Å². The van der Waals surface area contributed by atoms with Crippen molar-refractivity contribution in [3.8, 4) is 0 Å². The first kappa shape index (κ1) is 18.2. The lowest BCUT2D eigenvalue weighted by atomic mass is 10.1. The van der Waals surface area contributed by atoms with Crippen molar-refractivity contribution in [1.82, 2.24) is 21.3 Å². The molecule has 0 bridgehead atoms. The summed E-state index contributed by atoms with van der Waals surface area (Å²) < 4.78 is 5.20. The van der Waals surface area contributed by atoms with Crippen LogP contribution in [0.1, 0.15) is 40.0 Å². The number of hydrogen-bond donors (Lipinski definition) is 4. The highest BCUT2D eigenvalue weighted by atomic mass is 16.6. The van der Waals surface area contributed by atoms with E-state index in [2.05, 4.69) is 21.3 Å². The predicted molar refractivity (Wildman–Crippen MR) is 85.6 cm³/mol. The lowest BCUT2D eigenvalue weighted by molar-refractivity contribution is 0.0527. The van der Waals surface area contributed by atoms with E-state index < -0.39 is 5.60 Å². The van der Waals surface area contributed by atoms with Crippen LogP contribution in [0.2, 0.25) is 0 Å². The molecule has 0 aliphatic carbocycles. The third-order valence-electron chi connectivity index (χ3n) is 3.25. The molecule has 1 aliphatic heterocycles. The van der Waals surface area contributed by atoms with Crippen LogP contribution >= 0.6 is 0 Å². The number of unbranched alkanes of at least 4 members (excludes halogenated alkanes) is 1. The van der Waals surface area contributed by atoms with Crippen LogP contribution in [0.25, 0.3) is 0 Å². The van der Waals surface area contributed by atoms with Crippen molar-refractivity contribution in [3.63, 3.8) is 0 Å². The van der Waals surface area contributed by atoms with E-state index >= 15 is 0 Å². The summed E-state index contributed by atoms with van der Waals surface area (Å²) in [4.78, 5) is 11.5. The van der Waals surface area contributed by atoms with Gasteiger partial charge in [-0.25, -0.2) is 4.79 Å². The van der Waals surface area contributed by atoms with Crippen LogP contribution in [-0.2, 0) is 4.74 Å². The molecular formula is C15H32N4O2. The molecule has 0 aromatic rings. The van der Waals surface area contributed by atoms with Crippen LogP contribution in [0.5, 0.6) is 0 Å². The number of hydrogen-bond acceptors (Lipinski definition) is 5. The third-order valence-corrected chi connectivity index (χ3v) is 3.25. The number of rotatable bonds is 5. The summed E-state index contributed by atoms with van der Waals surface area (Å²) in [6.45, 7) is 11.4. The van der Waals surface area contributed by atoms with Gasteiger partial charge in [0.15, 0.2) is 0 Å². The molecule has 1 fully saturated rings. The van der Waals surface area contributed by atoms with Gasteiger partial charge in [0.05, 0.1) is 0 Å². The molecule has 1 unspecified atom stereocenters. The maximum atomic E-state index is 11.5. The zero-order valence-corrected chi connectivity index (χ0v) is 13.8. The zero-order valence-electron chi connectivity index (χ0n) is 13.8. The minimum atomic E-state index is -0.426. The Kier molecular flexibility index (Phi) is 8.64. The van der Waals surface area contributed by atoms with E-state index in [1.165, 1.54) is 0 Å². The summed E-state index contributed by atoms with van der Waals surface area (Å²) in [5, 5.41) is 13.2. The topological polar surface area (TPSA) is 74.4 Å². The Hall–Kier alpha value is -0.850. The Bertz CT molecular complexity index is 282. The fraction of sp³-hybridized carbons (Fsp3) is 0.933. The lowest BCUT2D eigenvalue weighted by Crippen LogP contribution is -2.39. The van der Waals surface area contributed by atoms with Gasteiger partial charge >= 0.3 is 6.09 Å². The van der Waals surface area contributed by atoms with Gasteiger partial charge in [0, 0.05) is 45.3 Å². The van der Waals surface area contributed by atoms with Gasteiger partial charge in [-0.2, -0.15) is 0 Å². The normalized spacial score (nSPS) is 21.0. The maximum Gasteiger partial charge on any atom is 0.407 e. The number of nitrogens with one attached hydrogen (secondary N) is 4. The van der Waals surface area contributed by atoms with Crippen LogP contribution in [-0.4, -0.2) is 57.0 Å². The summed E-state index contributed by atoms with van der Waals surface area (Å²) in [7, 11) is 0. The monoisotopic (exact) mass is 300 g/mol. The molecule has 1 saturated heterocycles. The zero-order chi connectivity index (χ0) is 15.6. The molecule has 6 nitrogen and oxygen atoms in total. The predicted octanol–water partition coefficient (Wildman–Crippen LogP) is 0.832. The Balaban J connectivity index is 2.05. The van der Waals surface area contributed by atoms with Crippen molar-refractivity contribution in [1.29, 1.82) is 0 Å². The van der Waals surface area contributed by atoms with E-state index in [4.69, 9.17) is 4.74 Å². The highest BCUT2D eigenvalue weighted by molar-refractivity contribution is 5.67. The molecule has 0 radical (unpaired) electrons. The van der Waals surface area contributed by atoms with E-state index in [-0.39, 0.29) is 6.09 Å². The molecule has 6 heteroatoms. The largest absolute Gasteiger partial charge is 0.444 e. The summed E-state index contributed by atoms with van der Waals surface area (Å²) in [5.74, 6) is 0. The minimum Gasteiger partial charge on any atom is -0.444 e. The molecule has 1 atom stereocenters. The Morgan fingerprint density at radius 2 is 1.86 bits per heavy atom. The van der Waals surface area contributed by atoms with Crippen LogP contribution in [0.4, 0.5) is 4.79 Å². The molecule has 21 heavy (non-hydrogen) atoms. The minimum absolute atomic E-state index is 0.323. The van der Waals surface area contributed by atoms with Crippen molar-refractivity contribution < 1.29 is 9.53 Å². The van der Waals surface area contributed by atoms with Crippen LogP contribution in [0, 0.1) is 0 Å². The number of amides is 1. The highest BCUT2D eigenvalue weighted by Gasteiger charge is 2.15. The molecule has 1 rings (SSSR count). The summed E-state index contributed by atoms with van der Waals surface area (Å²) in [5.41, 5.74) is -0.426. The van der Waals surface area contributed by atoms with E-state index in [0.717, 1.165) is 52.0 Å². The molecule has 1 amide bonds. The van der Waals surface area contributed by atoms with Gasteiger partial charge in [-0.3, -0.25) is 0 Å². The van der Waals surface area contributed by atoms with Crippen molar-refractivity contribution in [3.05, 3.63) is 0 Å². The molecule has 0 aromatic heterocycles. The Morgan fingerprint density at radius 1 is 1.14 bits per heavy atom. The second-order valence-corrected chi connectivity index (χ2v) is 6.53. The Morgan fingerprint density at radius 3 is 2.62 bits per heavy atom. The van der Waals surface area contributed by atoms with E-state index in [1.807, 2.05) is 20.8 Å². The first-order valence-corrected chi connectivity index (χ1v) is 8.09.